The van der Waals surface area contributed by atoms with Gasteiger partial charge in [-0.2, -0.15) is 5.10 Å². The highest BCUT2D eigenvalue weighted by atomic mass is 32.2. The van der Waals surface area contributed by atoms with Crippen LogP contribution in [0.5, 0.6) is 0 Å². The Morgan fingerprint density at radius 3 is 2.36 bits per heavy atom. The summed E-state index contributed by atoms with van der Waals surface area (Å²) in [6.45, 7) is 3.92. The van der Waals surface area contributed by atoms with E-state index in [0.717, 1.165) is 44.2 Å². The van der Waals surface area contributed by atoms with Gasteiger partial charge in [-0.15, -0.1) is 4.36 Å². The maximum absolute atomic E-state index is 12.9. The molecule has 7 nitrogen and oxygen atoms in total. The van der Waals surface area contributed by atoms with Gasteiger partial charge in [0, 0.05) is 19.3 Å². The van der Waals surface area contributed by atoms with Crippen LogP contribution in [-0.2, 0) is 35.6 Å². The molecule has 0 fully saturated rings. The van der Waals surface area contributed by atoms with E-state index in [1.165, 1.54) is 22.3 Å². The Morgan fingerprint density at radius 1 is 1.21 bits per heavy atom. The van der Waals surface area contributed by atoms with Crippen LogP contribution < -0.4 is 10.0 Å². The summed E-state index contributed by atoms with van der Waals surface area (Å²) in [4.78, 5) is 14.5. The number of anilines is 1. The summed E-state index contributed by atoms with van der Waals surface area (Å²) in [7, 11) is -1.69. The van der Waals surface area contributed by atoms with Crippen molar-refractivity contribution in [2.24, 2.45) is 9.50 Å². The molecule has 1 aromatic heterocycles. The second-order valence-corrected chi connectivity index (χ2v) is 9.68. The summed E-state index contributed by atoms with van der Waals surface area (Å²) < 4.78 is 18.5. The smallest absolute Gasteiger partial charge is 0.295 e. The zero-order valence-electron chi connectivity index (χ0n) is 16.6. The van der Waals surface area contributed by atoms with E-state index in [1.807, 2.05) is 13.8 Å². The molecule has 150 valence electrons. The molecule has 2 aliphatic rings. The van der Waals surface area contributed by atoms with E-state index in [4.69, 9.17) is 5.14 Å². The number of benzene rings is 1. The van der Waals surface area contributed by atoms with Crippen molar-refractivity contribution in [1.82, 2.24) is 9.78 Å². The third-order valence-corrected chi connectivity index (χ3v) is 6.93. The molecule has 0 spiro atoms. The number of rotatable bonds is 3. The molecule has 0 saturated heterocycles. The molecule has 0 saturated carbocycles. The molecular formula is C20H27N5O2S. The van der Waals surface area contributed by atoms with Gasteiger partial charge in [0.2, 0.25) is 0 Å². The fraction of sp³-hybridized carbons (Fsp3) is 0.500. The number of hydrogen-bond donors (Lipinski definition) is 1. The summed E-state index contributed by atoms with van der Waals surface area (Å²) in [5.41, 5.74) is 6.09. The van der Waals surface area contributed by atoms with Crippen molar-refractivity contribution < 1.29 is 9.00 Å². The number of carbonyl (C=O) groups excluding carboxylic acids is 1. The molecule has 2 aliphatic carbocycles. The molecule has 1 atom stereocenters. The minimum absolute atomic E-state index is 0.108. The maximum Gasteiger partial charge on any atom is 0.357 e. The summed E-state index contributed by atoms with van der Waals surface area (Å²) >= 11 is 0. The number of nitrogens with two attached hydrogens (primary N) is 1. The summed E-state index contributed by atoms with van der Waals surface area (Å²) in [5.74, 6) is 0. The standard InChI is InChI=1S/C20H27N5O2S/c1-13(2)25-11-10-18(22-25)28(21,27)23-20(26)24(3)19-16-8-4-6-14(16)12-15-7-5-9-17(15)19/h10-13H,4-9H2,1-3H3,(H2,21,23,26,27). The summed E-state index contributed by atoms with van der Waals surface area (Å²) in [5, 5.41) is 10.3. The van der Waals surface area contributed by atoms with Crippen molar-refractivity contribution in [2.75, 3.05) is 11.9 Å². The lowest BCUT2D eigenvalue weighted by atomic mass is 9.98. The van der Waals surface area contributed by atoms with Crippen molar-refractivity contribution in [3.05, 3.63) is 40.6 Å². The van der Waals surface area contributed by atoms with Crippen molar-refractivity contribution >= 4 is 21.6 Å². The van der Waals surface area contributed by atoms with E-state index in [1.54, 1.807) is 28.9 Å². The molecule has 2 amide bonds. The topological polar surface area (TPSA) is 93.6 Å². The second kappa shape index (κ2) is 7.00. The first-order chi connectivity index (χ1) is 13.3. The molecular weight excluding hydrogens is 374 g/mol. The number of aryl methyl sites for hydroxylation is 2. The maximum atomic E-state index is 12.9. The molecule has 28 heavy (non-hydrogen) atoms. The Balaban J connectivity index is 1.71. The lowest BCUT2D eigenvalue weighted by molar-refractivity contribution is 0.255. The SMILES string of the molecule is CC(C)n1ccc(S(N)(=O)=NC(=O)N(C)c2c3c(cc4c2CCC4)CCC3)n1. The lowest BCUT2D eigenvalue weighted by Crippen LogP contribution is -2.28. The van der Waals surface area contributed by atoms with Gasteiger partial charge in [0.25, 0.3) is 0 Å². The third-order valence-electron chi connectivity index (χ3n) is 5.69. The number of amides is 2. The minimum Gasteiger partial charge on any atom is -0.295 e. The van der Waals surface area contributed by atoms with E-state index < -0.39 is 15.9 Å². The number of carbonyl (C=O) groups is 1. The van der Waals surface area contributed by atoms with Crippen molar-refractivity contribution in [2.45, 2.75) is 63.4 Å². The Bertz CT molecular complexity index is 1030. The molecule has 1 unspecified atom stereocenters. The van der Waals surface area contributed by atoms with E-state index in [0.29, 0.717) is 0 Å². The monoisotopic (exact) mass is 401 g/mol. The van der Waals surface area contributed by atoms with Crippen molar-refractivity contribution in [3.63, 3.8) is 0 Å². The van der Waals surface area contributed by atoms with Crippen LogP contribution in [0.4, 0.5) is 10.5 Å². The molecule has 1 aromatic carbocycles. The number of hydrogen-bond acceptors (Lipinski definition) is 3. The Kier molecular flexibility index (Phi) is 4.79. The fourth-order valence-electron chi connectivity index (χ4n) is 4.27. The Morgan fingerprint density at radius 2 is 1.82 bits per heavy atom. The largest absolute Gasteiger partial charge is 0.357 e. The summed E-state index contributed by atoms with van der Waals surface area (Å²) in [6, 6.07) is 3.41. The van der Waals surface area contributed by atoms with Gasteiger partial charge in [0.05, 0.1) is 5.69 Å². The van der Waals surface area contributed by atoms with Gasteiger partial charge in [-0.25, -0.2) is 14.1 Å². The van der Waals surface area contributed by atoms with Crippen molar-refractivity contribution in [1.29, 1.82) is 0 Å². The van der Waals surface area contributed by atoms with E-state index in [9.17, 15) is 9.00 Å². The molecule has 0 aliphatic heterocycles. The normalized spacial score (nSPS) is 17.3. The zero-order chi connectivity index (χ0) is 20.1. The molecule has 2 aromatic rings. The van der Waals surface area contributed by atoms with Crippen LogP contribution in [0.3, 0.4) is 0 Å². The van der Waals surface area contributed by atoms with Gasteiger partial charge in [0.1, 0.15) is 0 Å². The van der Waals surface area contributed by atoms with Crippen LogP contribution in [-0.4, -0.2) is 27.1 Å². The highest BCUT2D eigenvalue weighted by Crippen LogP contribution is 2.40. The molecule has 2 N–H and O–H groups in total. The number of aromatic nitrogens is 2. The highest BCUT2D eigenvalue weighted by Gasteiger charge is 2.28. The molecule has 0 radical (unpaired) electrons. The van der Waals surface area contributed by atoms with Gasteiger partial charge >= 0.3 is 6.03 Å². The first-order valence-corrected chi connectivity index (χ1v) is 11.4. The summed E-state index contributed by atoms with van der Waals surface area (Å²) in [6.07, 6.45) is 7.94. The molecule has 4 rings (SSSR count). The van der Waals surface area contributed by atoms with Crippen LogP contribution in [0.1, 0.15) is 55.0 Å². The Hall–Kier alpha value is -2.19. The van der Waals surface area contributed by atoms with E-state index >= 15 is 0 Å². The van der Waals surface area contributed by atoms with Crippen molar-refractivity contribution in [3.8, 4) is 0 Å². The van der Waals surface area contributed by atoms with E-state index in [2.05, 4.69) is 15.5 Å². The third kappa shape index (κ3) is 3.24. The quantitative estimate of drug-likeness (QED) is 0.854. The first kappa shape index (κ1) is 19.1. The van der Waals surface area contributed by atoms with Gasteiger partial charge in [-0.1, -0.05) is 6.07 Å². The van der Waals surface area contributed by atoms with E-state index in [-0.39, 0.29) is 11.1 Å². The highest BCUT2D eigenvalue weighted by molar-refractivity contribution is 7.91. The van der Waals surface area contributed by atoms with Gasteiger partial charge in [-0.05, 0) is 80.7 Å². The van der Waals surface area contributed by atoms with Gasteiger partial charge in [0.15, 0.2) is 14.9 Å². The minimum atomic E-state index is -3.40. The van der Waals surface area contributed by atoms with Gasteiger partial charge in [-0.3, -0.25) is 9.58 Å². The predicted molar refractivity (Wildman–Crippen MR) is 110 cm³/mol. The average molecular weight is 402 g/mol. The lowest BCUT2D eigenvalue weighted by Gasteiger charge is -2.22. The van der Waals surface area contributed by atoms with Crippen LogP contribution in [0.2, 0.25) is 0 Å². The molecule has 1 heterocycles. The average Bonchev–Trinajstić information content (AvgIpc) is 3.37. The Labute approximate surface area is 166 Å². The van der Waals surface area contributed by atoms with Crippen LogP contribution >= 0.6 is 0 Å². The number of urea groups is 1. The fourth-order valence-corrected chi connectivity index (χ4v) is 5.19. The second-order valence-electron chi connectivity index (χ2n) is 7.94. The van der Waals surface area contributed by atoms with Crippen LogP contribution in [0.15, 0.2) is 27.7 Å². The van der Waals surface area contributed by atoms with Gasteiger partial charge < -0.3 is 0 Å². The number of nitrogens with zero attached hydrogens (tertiary/aromatic N) is 4. The predicted octanol–water partition coefficient (Wildman–Crippen LogP) is 3.40. The van der Waals surface area contributed by atoms with Crippen LogP contribution in [0, 0.1) is 0 Å². The van der Waals surface area contributed by atoms with Crippen LogP contribution in [0.25, 0.3) is 0 Å². The first-order valence-electron chi connectivity index (χ1n) is 9.82. The number of fused-ring (bicyclic) bond motifs is 2. The molecule has 0 bridgehead atoms. The zero-order valence-corrected chi connectivity index (χ0v) is 17.5. The molecule has 8 heteroatoms.